The third kappa shape index (κ3) is 3.15. The van der Waals surface area contributed by atoms with Crippen LogP contribution in [0.5, 0.6) is 0 Å². The highest BCUT2D eigenvalue weighted by Crippen LogP contribution is 2.19. The van der Waals surface area contributed by atoms with E-state index in [4.69, 9.17) is 0 Å². The van der Waals surface area contributed by atoms with Gasteiger partial charge in [-0.3, -0.25) is 9.89 Å². The van der Waals surface area contributed by atoms with Crippen molar-refractivity contribution in [3.63, 3.8) is 0 Å². The molecule has 5 heteroatoms. The Labute approximate surface area is 115 Å². The smallest absolute Gasteiger partial charge is 0.257 e. The number of piperidine rings is 1. The summed E-state index contributed by atoms with van der Waals surface area (Å²) in [4.78, 5) is 16.6. The van der Waals surface area contributed by atoms with Gasteiger partial charge in [0.05, 0.1) is 11.3 Å². The van der Waals surface area contributed by atoms with Crippen LogP contribution in [0.15, 0.2) is 0 Å². The number of nitrogens with zero attached hydrogens (tertiary/aromatic N) is 3. The van der Waals surface area contributed by atoms with Gasteiger partial charge in [-0.2, -0.15) is 5.10 Å². The molecule has 19 heavy (non-hydrogen) atoms. The van der Waals surface area contributed by atoms with E-state index in [1.807, 2.05) is 25.8 Å². The van der Waals surface area contributed by atoms with Crippen molar-refractivity contribution in [1.82, 2.24) is 20.0 Å². The maximum absolute atomic E-state index is 12.4. The molecule has 2 rings (SSSR count). The van der Waals surface area contributed by atoms with E-state index in [9.17, 15) is 4.79 Å². The third-order valence-corrected chi connectivity index (χ3v) is 4.06. The first-order chi connectivity index (χ1) is 8.99. The predicted molar refractivity (Wildman–Crippen MR) is 75.2 cm³/mol. The first-order valence-electron chi connectivity index (χ1n) is 6.94. The fourth-order valence-electron chi connectivity index (χ4n) is 2.77. The molecule has 1 saturated heterocycles. The number of amides is 1. The van der Waals surface area contributed by atoms with E-state index in [1.54, 1.807) is 0 Å². The molecular formula is C14H24N4O. The molecule has 1 aromatic rings. The minimum Gasteiger partial charge on any atom is -0.341 e. The SMILES string of the molecule is Cc1n[nH]c(C)c1C(=O)N(C)CC1CCN(C)CC1. The molecule has 0 radical (unpaired) electrons. The van der Waals surface area contributed by atoms with Crippen molar-refractivity contribution in [2.75, 3.05) is 33.7 Å². The first kappa shape index (κ1) is 14.1. The molecule has 0 bridgehead atoms. The molecule has 1 aromatic heterocycles. The zero-order valence-electron chi connectivity index (χ0n) is 12.4. The van der Waals surface area contributed by atoms with Gasteiger partial charge in [0.1, 0.15) is 0 Å². The first-order valence-corrected chi connectivity index (χ1v) is 6.94. The predicted octanol–water partition coefficient (Wildman–Crippen LogP) is 1.44. The molecule has 0 saturated carbocycles. The molecule has 0 atom stereocenters. The molecule has 106 valence electrons. The molecule has 0 aliphatic carbocycles. The number of carbonyl (C=O) groups excluding carboxylic acids is 1. The zero-order valence-corrected chi connectivity index (χ0v) is 12.4. The molecule has 0 aromatic carbocycles. The van der Waals surface area contributed by atoms with Crippen LogP contribution in [0, 0.1) is 19.8 Å². The van der Waals surface area contributed by atoms with E-state index in [2.05, 4.69) is 22.1 Å². The molecular weight excluding hydrogens is 240 g/mol. The van der Waals surface area contributed by atoms with Crippen molar-refractivity contribution in [3.05, 3.63) is 17.0 Å². The summed E-state index contributed by atoms with van der Waals surface area (Å²) in [6.45, 7) is 6.89. The fourth-order valence-corrected chi connectivity index (χ4v) is 2.77. The molecule has 1 aliphatic rings. The van der Waals surface area contributed by atoms with E-state index in [1.165, 1.54) is 12.8 Å². The van der Waals surface area contributed by atoms with Crippen LogP contribution in [0.25, 0.3) is 0 Å². The van der Waals surface area contributed by atoms with E-state index in [0.29, 0.717) is 5.92 Å². The highest BCUT2D eigenvalue weighted by molar-refractivity contribution is 5.96. The lowest BCUT2D eigenvalue weighted by Gasteiger charge is -2.31. The number of hydrogen-bond acceptors (Lipinski definition) is 3. The van der Waals surface area contributed by atoms with Crippen molar-refractivity contribution in [2.45, 2.75) is 26.7 Å². The Kier molecular flexibility index (Phi) is 4.24. The van der Waals surface area contributed by atoms with E-state index >= 15 is 0 Å². The largest absolute Gasteiger partial charge is 0.341 e. The summed E-state index contributed by atoms with van der Waals surface area (Å²) in [5.74, 6) is 0.709. The molecule has 1 fully saturated rings. The van der Waals surface area contributed by atoms with Gasteiger partial charge in [0, 0.05) is 19.3 Å². The number of rotatable bonds is 3. The van der Waals surface area contributed by atoms with Crippen LogP contribution in [0.2, 0.25) is 0 Å². The summed E-state index contributed by atoms with van der Waals surface area (Å²) in [6, 6.07) is 0. The summed E-state index contributed by atoms with van der Waals surface area (Å²) >= 11 is 0. The minimum atomic E-state index is 0.0858. The van der Waals surface area contributed by atoms with Gasteiger partial charge in [0.2, 0.25) is 0 Å². The van der Waals surface area contributed by atoms with Crippen molar-refractivity contribution in [3.8, 4) is 0 Å². The van der Waals surface area contributed by atoms with Crippen LogP contribution in [-0.2, 0) is 0 Å². The quantitative estimate of drug-likeness (QED) is 0.899. The Balaban J connectivity index is 1.96. The highest BCUT2D eigenvalue weighted by Gasteiger charge is 2.23. The Bertz CT molecular complexity index is 427. The van der Waals surface area contributed by atoms with Gasteiger partial charge in [-0.1, -0.05) is 0 Å². The van der Waals surface area contributed by atoms with E-state index in [0.717, 1.165) is 36.6 Å². The number of aromatic nitrogens is 2. The summed E-state index contributed by atoms with van der Waals surface area (Å²) in [5, 5.41) is 6.98. The Morgan fingerprint density at radius 2 is 2.05 bits per heavy atom. The summed E-state index contributed by atoms with van der Waals surface area (Å²) in [6.07, 6.45) is 2.36. The molecule has 1 aliphatic heterocycles. The minimum absolute atomic E-state index is 0.0858. The number of aromatic amines is 1. The molecule has 0 unspecified atom stereocenters. The molecule has 1 amide bonds. The lowest BCUT2D eigenvalue weighted by atomic mass is 9.96. The number of hydrogen-bond donors (Lipinski definition) is 1. The van der Waals surface area contributed by atoms with Gasteiger partial charge in [-0.15, -0.1) is 0 Å². The van der Waals surface area contributed by atoms with Gasteiger partial charge in [0.15, 0.2) is 0 Å². The van der Waals surface area contributed by atoms with Crippen LogP contribution in [-0.4, -0.2) is 59.6 Å². The second-order valence-corrected chi connectivity index (χ2v) is 5.74. The van der Waals surface area contributed by atoms with Gasteiger partial charge >= 0.3 is 0 Å². The number of nitrogens with one attached hydrogen (secondary N) is 1. The molecule has 5 nitrogen and oxygen atoms in total. The Hall–Kier alpha value is -1.36. The average molecular weight is 264 g/mol. The van der Waals surface area contributed by atoms with Gasteiger partial charge in [-0.05, 0) is 52.7 Å². The average Bonchev–Trinajstić information content (AvgIpc) is 2.71. The highest BCUT2D eigenvalue weighted by atomic mass is 16.2. The van der Waals surface area contributed by atoms with Crippen molar-refractivity contribution >= 4 is 5.91 Å². The second kappa shape index (κ2) is 5.74. The van der Waals surface area contributed by atoms with Crippen molar-refractivity contribution in [1.29, 1.82) is 0 Å². The lowest BCUT2D eigenvalue weighted by Crippen LogP contribution is -2.38. The van der Waals surface area contributed by atoms with Crippen LogP contribution in [0.1, 0.15) is 34.6 Å². The normalized spacial score (nSPS) is 17.7. The second-order valence-electron chi connectivity index (χ2n) is 5.74. The maximum Gasteiger partial charge on any atom is 0.257 e. The van der Waals surface area contributed by atoms with Crippen LogP contribution in [0.4, 0.5) is 0 Å². The molecule has 1 N–H and O–H groups in total. The number of likely N-dealkylation sites (tertiary alicyclic amines) is 1. The van der Waals surface area contributed by atoms with Crippen molar-refractivity contribution in [2.24, 2.45) is 5.92 Å². The Morgan fingerprint density at radius 3 is 2.58 bits per heavy atom. The number of aryl methyl sites for hydroxylation is 2. The summed E-state index contributed by atoms with van der Waals surface area (Å²) in [7, 11) is 4.05. The zero-order chi connectivity index (χ0) is 14.0. The summed E-state index contributed by atoms with van der Waals surface area (Å²) < 4.78 is 0. The van der Waals surface area contributed by atoms with E-state index < -0.39 is 0 Å². The topological polar surface area (TPSA) is 52.2 Å². The van der Waals surface area contributed by atoms with Crippen LogP contribution < -0.4 is 0 Å². The molecule has 2 heterocycles. The van der Waals surface area contributed by atoms with Crippen LogP contribution >= 0.6 is 0 Å². The van der Waals surface area contributed by atoms with Gasteiger partial charge in [-0.25, -0.2) is 0 Å². The lowest BCUT2D eigenvalue weighted by molar-refractivity contribution is 0.0746. The van der Waals surface area contributed by atoms with Gasteiger partial charge in [0.25, 0.3) is 5.91 Å². The van der Waals surface area contributed by atoms with E-state index in [-0.39, 0.29) is 5.91 Å². The maximum atomic E-state index is 12.4. The summed E-state index contributed by atoms with van der Waals surface area (Å²) in [5.41, 5.74) is 2.38. The Morgan fingerprint density at radius 1 is 1.42 bits per heavy atom. The van der Waals surface area contributed by atoms with Crippen molar-refractivity contribution < 1.29 is 4.79 Å². The molecule has 0 spiro atoms. The number of H-pyrrole nitrogens is 1. The fraction of sp³-hybridized carbons (Fsp3) is 0.714. The van der Waals surface area contributed by atoms with Gasteiger partial charge < -0.3 is 9.80 Å². The third-order valence-electron chi connectivity index (χ3n) is 4.06. The monoisotopic (exact) mass is 264 g/mol. The van der Waals surface area contributed by atoms with Crippen LogP contribution in [0.3, 0.4) is 0 Å². The standard InChI is InChI=1S/C14H24N4O/c1-10-13(11(2)16-15-10)14(19)18(4)9-12-5-7-17(3)8-6-12/h12H,5-9H2,1-4H3,(H,15,16). The number of carbonyl (C=O) groups is 1.